The van der Waals surface area contributed by atoms with Crippen molar-refractivity contribution < 1.29 is 33.1 Å². The molecule has 11 heteroatoms. The van der Waals surface area contributed by atoms with Crippen molar-refractivity contribution in [3.05, 3.63) is 0 Å². The molecule has 0 saturated carbocycles. The Kier molecular flexibility index (Phi) is 15.0. The van der Waals surface area contributed by atoms with Crippen LogP contribution in [0.3, 0.4) is 0 Å². The molecular weight excluding hydrogens is 455 g/mol. The molecule has 0 aromatic heterocycles. The van der Waals surface area contributed by atoms with Gasteiger partial charge in [-0.15, -0.1) is 11.8 Å². The molecule has 1 rings (SSSR count). The molecule has 184 valence electrons. The molecule has 9 nitrogen and oxygen atoms in total. The number of unbranched alkanes of at least 4 members (excludes halogenated alkanes) is 3. The number of nitrogens with zero attached hydrogens (tertiary/aromatic N) is 1. The van der Waals surface area contributed by atoms with Crippen molar-refractivity contribution in [1.29, 1.82) is 0 Å². The summed E-state index contributed by atoms with van der Waals surface area (Å²) in [5.74, 6) is 0.151. The summed E-state index contributed by atoms with van der Waals surface area (Å²) in [7, 11) is -1.80. The first kappa shape index (κ1) is 29.0. The molecule has 0 bridgehead atoms. The minimum atomic E-state index is -1.80. The second kappa shape index (κ2) is 16.5. The molecule has 1 heterocycles. The first-order valence-corrected chi connectivity index (χ1v) is 13.4. The minimum absolute atomic E-state index is 0.0511. The molecular formula is C21H37N2O7PS. The molecule has 1 aliphatic heterocycles. The van der Waals surface area contributed by atoms with E-state index in [1.54, 1.807) is 6.92 Å². The lowest BCUT2D eigenvalue weighted by Gasteiger charge is -2.14. The van der Waals surface area contributed by atoms with E-state index in [-0.39, 0.29) is 60.8 Å². The summed E-state index contributed by atoms with van der Waals surface area (Å²) >= 11 is 1.49. The molecule has 0 aromatic rings. The first-order chi connectivity index (χ1) is 15.2. The molecule has 3 amide bonds. The van der Waals surface area contributed by atoms with Gasteiger partial charge in [0.2, 0.25) is 17.7 Å². The number of hydrogen-bond acceptors (Lipinski definition) is 8. The summed E-state index contributed by atoms with van der Waals surface area (Å²) in [6.45, 7) is 6.27. The van der Waals surface area contributed by atoms with Crippen molar-refractivity contribution in [1.82, 2.24) is 10.2 Å². The van der Waals surface area contributed by atoms with Crippen molar-refractivity contribution in [2.45, 2.75) is 83.5 Å². The maximum atomic E-state index is 12.5. The fraction of sp³-hybridized carbons (Fsp3) is 0.810. The average molecular weight is 493 g/mol. The Morgan fingerprint density at radius 3 is 2.62 bits per heavy atom. The van der Waals surface area contributed by atoms with Gasteiger partial charge in [-0.05, 0) is 32.4 Å². The Morgan fingerprint density at radius 1 is 1.22 bits per heavy atom. The Balaban J connectivity index is 2.13. The average Bonchev–Trinajstić information content (AvgIpc) is 3.00. The molecule has 0 aliphatic carbocycles. The number of rotatable bonds is 18. The molecule has 32 heavy (non-hydrogen) atoms. The largest absolute Gasteiger partial charge is 0.356 e. The van der Waals surface area contributed by atoms with Crippen molar-refractivity contribution in [2.24, 2.45) is 0 Å². The van der Waals surface area contributed by atoms with Crippen molar-refractivity contribution in [3.63, 3.8) is 0 Å². The number of carbonyl (C=O) groups is 4. The van der Waals surface area contributed by atoms with Crippen LogP contribution in [0.4, 0.5) is 0 Å². The summed E-state index contributed by atoms with van der Waals surface area (Å²) in [6.07, 6.45) is 4.59. The van der Waals surface area contributed by atoms with Gasteiger partial charge < -0.3 is 19.3 Å². The zero-order valence-electron chi connectivity index (χ0n) is 19.3. The fourth-order valence-electron chi connectivity index (χ4n) is 2.97. The zero-order valence-corrected chi connectivity index (χ0v) is 21.1. The number of nitrogens with one attached hydrogen (secondary N) is 1. The van der Waals surface area contributed by atoms with Gasteiger partial charge in [-0.25, -0.2) is 0 Å². The van der Waals surface area contributed by atoms with Crippen molar-refractivity contribution >= 4 is 43.9 Å². The van der Waals surface area contributed by atoms with Crippen LogP contribution in [0, 0.1) is 0 Å². The number of imide groups is 1. The quantitative estimate of drug-likeness (QED) is 0.170. The Labute approximate surface area is 196 Å². The summed E-state index contributed by atoms with van der Waals surface area (Å²) in [6, 6.07) is 0. The van der Waals surface area contributed by atoms with Crippen LogP contribution in [0.2, 0.25) is 0 Å². The summed E-state index contributed by atoms with van der Waals surface area (Å²) in [4.78, 5) is 58.4. The number of likely N-dealkylation sites (tertiary alicyclic amines) is 1. The predicted molar refractivity (Wildman–Crippen MR) is 125 cm³/mol. The standard InChI is InChI=1S/C21H37N2O7PS/c1-4-17(24)9-11-22-19(25)10-12-23-20(26)15-18(21(23)27)32-14-8-6-5-7-13-29-31(28)30-16(2)3/h16,18,28H,4-15H2,1-3H3,(H,22,25). The van der Waals surface area contributed by atoms with Gasteiger partial charge in [0, 0.05) is 38.8 Å². The molecule has 2 unspecified atom stereocenters. The molecule has 0 aromatic carbocycles. The highest BCUT2D eigenvalue weighted by atomic mass is 32.2. The number of amides is 3. The van der Waals surface area contributed by atoms with Crippen LogP contribution in [-0.4, -0.2) is 70.1 Å². The lowest BCUT2D eigenvalue weighted by molar-refractivity contribution is -0.138. The van der Waals surface area contributed by atoms with Crippen LogP contribution in [0.25, 0.3) is 0 Å². The number of hydrogen-bond donors (Lipinski definition) is 2. The Hall–Kier alpha value is -1.06. The summed E-state index contributed by atoms with van der Waals surface area (Å²) < 4.78 is 10.4. The molecule has 0 spiro atoms. The van der Waals surface area contributed by atoms with Crippen molar-refractivity contribution in [2.75, 3.05) is 25.4 Å². The number of carbonyl (C=O) groups excluding carboxylic acids is 4. The van der Waals surface area contributed by atoms with Gasteiger partial charge in [-0.2, -0.15) is 0 Å². The van der Waals surface area contributed by atoms with Gasteiger partial charge in [0.05, 0.1) is 18.0 Å². The van der Waals surface area contributed by atoms with Gasteiger partial charge in [0.1, 0.15) is 5.78 Å². The monoisotopic (exact) mass is 492 g/mol. The van der Waals surface area contributed by atoms with Crippen LogP contribution in [-0.2, 0) is 28.2 Å². The molecule has 2 N–H and O–H groups in total. The van der Waals surface area contributed by atoms with Gasteiger partial charge in [-0.3, -0.25) is 24.1 Å². The number of thioether (sulfide) groups is 1. The maximum Gasteiger partial charge on any atom is 0.330 e. The van der Waals surface area contributed by atoms with E-state index in [1.165, 1.54) is 16.7 Å². The first-order valence-electron chi connectivity index (χ1n) is 11.3. The normalized spacial score (nSPS) is 17.3. The van der Waals surface area contributed by atoms with Gasteiger partial charge in [0.25, 0.3) is 0 Å². The summed E-state index contributed by atoms with van der Waals surface area (Å²) in [5.41, 5.74) is 0. The fourth-order valence-corrected chi connectivity index (χ4v) is 4.87. The van der Waals surface area contributed by atoms with Crippen LogP contribution in [0.1, 0.15) is 72.1 Å². The maximum absolute atomic E-state index is 12.5. The number of Topliss-reactive ketones (excluding diaryl/α,β-unsaturated/α-hetero) is 1. The van der Waals surface area contributed by atoms with Crippen LogP contribution < -0.4 is 5.32 Å². The van der Waals surface area contributed by atoms with E-state index in [0.29, 0.717) is 19.4 Å². The molecule has 1 saturated heterocycles. The number of ketones is 1. The van der Waals surface area contributed by atoms with Crippen LogP contribution in [0.15, 0.2) is 0 Å². The highest BCUT2D eigenvalue weighted by Crippen LogP contribution is 2.34. The molecule has 1 aliphatic rings. The second-order valence-corrected chi connectivity index (χ2v) is 10.1. The van der Waals surface area contributed by atoms with E-state index < -0.39 is 8.60 Å². The highest BCUT2D eigenvalue weighted by Gasteiger charge is 2.38. The topological polar surface area (TPSA) is 122 Å². The molecule has 1 fully saturated rings. The van der Waals surface area contributed by atoms with E-state index in [1.807, 2.05) is 13.8 Å². The second-order valence-electron chi connectivity index (χ2n) is 7.83. The lowest BCUT2D eigenvalue weighted by atomic mass is 10.2. The molecule has 0 radical (unpaired) electrons. The van der Waals surface area contributed by atoms with Crippen LogP contribution in [0.5, 0.6) is 0 Å². The molecule has 2 atom stereocenters. The van der Waals surface area contributed by atoms with Gasteiger partial charge in [0.15, 0.2) is 0 Å². The van der Waals surface area contributed by atoms with Gasteiger partial charge in [-0.1, -0.05) is 19.8 Å². The van der Waals surface area contributed by atoms with Crippen molar-refractivity contribution in [3.8, 4) is 0 Å². The van der Waals surface area contributed by atoms with E-state index in [0.717, 1.165) is 31.4 Å². The Morgan fingerprint density at radius 2 is 1.94 bits per heavy atom. The van der Waals surface area contributed by atoms with E-state index >= 15 is 0 Å². The zero-order chi connectivity index (χ0) is 23.9. The smallest absolute Gasteiger partial charge is 0.330 e. The third kappa shape index (κ3) is 12.3. The Bertz CT molecular complexity index is 621. The van der Waals surface area contributed by atoms with E-state index in [4.69, 9.17) is 9.05 Å². The SMILES string of the molecule is CCC(=O)CCNC(=O)CCN1C(=O)CC(SCCCCCCOP(O)OC(C)C)C1=O. The lowest BCUT2D eigenvalue weighted by Crippen LogP contribution is -2.36. The third-order valence-corrected chi connectivity index (χ3v) is 7.05. The third-order valence-electron chi connectivity index (χ3n) is 4.75. The summed E-state index contributed by atoms with van der Waals surface area (Å²) in [5, 5.41) is 2.27. The van der Waals surface area contributed by atoms with Crippen LogP contribution >= 0.6 is 20.4 Å². The predicted octanol–water partition coefficient (Wildman–Crippen LogP) is 2.94. The highest BCUT2D eigenvalue weighted by molar-refractivity contribution is 8.00. The van der Waals surface area contributed by atoms with Gasteiger partial charge >= 0.3 is 8.60 Å². The van der Waals surface area contributed by atoms with E-state index in [2.05, 4.69) is 5.32 Å². The van der Waals surface area contributed by atoms with E-state index in [9.17, 15) is 24.1 Å². The minimum Gasteiger partial charge on any atom is -0.356 e.